The van der Waals surface area contributed by atoms with E-state index in [0.717, 1.165) is 24.2 Å². The molecule has 1 rings (SSSR count). The second kappa shape index (κ2) is 10.0. The lowest BCUT2D eigenvalue weighted by molar-refractivity contribution is -0.139. The van der Waals surface area contributed by atoms with Gasteiger partial charge in [-0.2, -0.15) is 0 Å². The standard InChI is InChI=1S/C18H26O3/c1-4-6-7-15(5-2)14-21-18(19)13-10-16-8-11-17(20-3)12-9-16/h8-13,15H,4-7,14H2,1-3H3/b13-10+/t15-/m1/s1. The molecular formula is C18H26O3. The predicted molar refractivity (Wildman–Crippen MR) is 86.3 cm³/mol. The molecule has 0 heterocycles. The molecule has 1 aromatic rings. The van der Waals surface area contributed by atoms with Gasteiger partial charge in [-0.1, -0.05) is 45.2 Å². The summed E-state index contributed by atoms with van der Waals surface area (Å²) in [5.41, 5.74) is 0.950. The van der Waals surface area contributed by atoms with Crippen LogP contribution in [0.3, 0.4) is 0 Å². The minimum Gasteiger partial charge on any atom is -0.497 e. The fraction of sp³-hybridized carbons (Fsp3) is 0.500. The molecule has 21 heavy (non-hydrogen) atoms. The molecule has 0 amide bonds. The van der Waals surface area contributed by atoms with Crippen LogP contribution in [0.4, 0.5) is 0 Å². The Bertz CT molecular complexity index is 434. The van der Waals surface area contributed by atoms with Crippen molar-refractivity contribution in [1.29, 1.82) is 0 Å². The minimum absolute atomic E-state index is 0.277. The third kappa shape index (κ3) is 6.98. The molecule has 3 heteroatoms. The van der Waals surface area contributed by atoms with Gasteiger partial charge in [0.05, 0.1) is 13.7 Å². The number of methoxy groups -OCH3 is 1. The van der Waals surface area contributed by atoms with E-state index in [9.17, 15) is 4.79 Å². The quantitative estimate of drug-likeness (QED) is 0.497. The Hall–Kier alpha value is -1.77. The zero-order valence-corrected chi connectivity index (χ0v) is 13.3. The molecule has 1 aromatic carbocycles. The summed E-state index contributed by atoms with van der Waals surface area (Å²) in [7, 11) is 1.63. The third-order valence-corrected chi connectivity index (χ3v) is 3.53. The number of benzene rings is 1. The van der Waals surface area contributed by atoms with Crippen LogP contribution < -0.4 is 4.74 Å². The van der Waals surface area contributed by atoms with Crippen LogP contribution >= 0.6 is 0 Å². The first-order valence-corrected chi connectivity index (χ1v) is 7.68. The lowest BCUT2D eigenvalue weighted by atomic mass is 10.0. The molecule has 0 aliphatic rings. The molecular weight excluding hydrogens is 264 g/mol. The Labute approximate surface area is 128 Å². The Morgan fingerprint density at radius 2 is 1.95 bits per heavy atom. The molecule has 0 bridgehead atoms. The van der Waals surface area contributed by atoms with Crippen molar-refractivity contribution >= 4 is 12.0 Å². The largest absolute Gasteiger partial charge is 0.497 e. The van der Waals surface area contributed by atoms with Gasteiger partial charge in [-0.3, -0.25) is 0 Å². The van der Waals surface area contributed by atoms with Crippen LogP contribution in [0.2, 0.25) is 0 Å². The van der Waals surface area contributed by atoms with Gasteiger partial charge in [0.1, 0.15) is 5.75 Å². The van der Waals surface area contributed by atoms with E-state index < -0.39 is 0 Å². The van der Waals surface area contributed by atoms with Crippen molar-refractivity contribution in [3.05, 3.63) is 35.9 Å². The number of esters is 1. The summed E-state index contributed by atoms with van der Waals surface area (Å²) in [5.74, 6) is 1.00. The summed E-state index contributed by atoms with van der Waals surface area (Å²) in [6.45, 7) is 4.83. The summed E-state index contributed by atoms with van der Waals surface area (Å²) >= 11 is 0. The maximum absolute atomic E-state index is 11.7. The van der Waals surface area contributed by atoms with Crippen LogP contribution in [0.25, 0.3) is 6.08 Å². The summed E-state index contributed by atoms with van der Waals surface area (Å²) in [4.78, 5) is 11.7. The highest BCUT2D eigenvalue weighted by atomic mass is 16.5. The van der Waals surface area contributed by atoms with Crippen molar-refractivity contribution in [1.82, 2.24) is 0 Å². The first-order valence-electron chi connectivity index (χ1n) is 7.68. The van der Waals surface area contributed by atoms with E-state index in [1.54, 1.807) is 13.2 Å². The summed E-state index contributed by atoms with van der Waals surface area (Å²) < 4.78 is 10.4. The molecule has 0 aliphatic heterocycles. The maximum atomic E-state index is 11.7. The second-order valence-corrected chi connectivity index (χ2v) is 5.15. The van der Waals surface area contributed by atoms with Crippen molar-refractivity contribution in [2.45, 2.75) is 39.5 Å². The predicted octanol–water partition coefficient (Wildman–Crippen LogP) is 4.47. The number of carbonyl (C=O) groups excluding carboxylic acids is 1. The third-order valence-electron chi connectivity index (χ3n) is 3.53. The van der Waals surface area contributed by atoms with Crippen molar-refractivity contribution < 1.29 is 14.3 Å². The number of rotatable bonds is 9. The number of hydrogen-bond donors (Lipinski definition) is 0. The average molecular weight is 290 g/mol. The molecule has 0 fully saturated rings. The highest BCUT2D eigenvalue weighted by molar-refractivity contribution is 5.87. The SMILES string of the molecule is CCCC[C@@H](CC)COC(=O)/C=C/c1ccc(OC)cc1. The number of ether oxygens (including phenoxy) is 2. The van der Waals surface area contributed by atoms with Gasteiger partial charge < -0.3 is 9.47 Å². The van der Waals surface area contributed by atoms with Crippen molar-refractivity contribution in [3.8, 4) is 5.75 Å². The summed E-state index contributed by atoms with van der Waals surface area (Å²) in [6.07, 6.45) is 7.79. The topological polar surface area (TPSA) is 35.5 Å². The lowest BCUT2D eigenvalue weighted by Crippen LogP contribution is -2.12. The number of unbranched alkanes of at least 4 members (excludes halogenated alkanes) is 1. The molecule has 0 N–H and O–H groups in total. The van der Waals surface area contributed by atoms with E-state index >= 15 is 0 Å². The van der Waals surface area contributed by atoms with E-state index in [1.165, 1.54) is 18.9 Å². The molecule has 0 saturated carbocycles. The Kier molecular flexibility index (Phi) is 8.25. The van der Waals surface area contributed by atoms with E-state index in [4.69, 9.17) is 9.47 Å². The van der Waals surface area contributed by atoms with Crippen LogP contribution in [0.15, 0.2) is 30.3 Å². The smallest absolute Gasteiger partial charge is 0.330 e. The van der Waals surface area contributed by atoms with Crippen LogP contribution in [0.5, 0.6) is 5.75 Å². The van der Waals surface area contributed by atoms with Gasteiger partial charge in [-0.05, 0) is 36.1 Å². The summed E-state index contributed by atoms with van der Waals surface area (Å²) in [6, 6.07) is 7.53. The van der Waals surface area contributed by atoms with Crippen molar-refractivity contribution in [3.63, 3.8) is 0 Å². The van der Waals surface area contributed by atoms with Gasteiger partial charge in [0, 0.05) is 6.08 Å². The molecule has 0 unspecified atom stereocenters. The fourth-order valence-electron chi connectivity index (χ4n) is 2.03. The minimum atomic E-state index is -0.277. The molecule has 0 spiro atoms. The normalized spacial score (nSPS) is 12.3. The van der Waals surface area contributed by atoms with Gasteiger partial charge in [0.25, 0.3) is 0 Å². The monoisotopic (exact) mass is 290 g/mol. The molecule has 1 atom stereocenters. The van der Waals surface area contributed by atoms with Gasteiger partial charge in [-0.15, -0.1) is 0 Å². The van der Waals surface area contributed by atoms with Crippen molar-refractivity contribution in [2.24, 2.45) is 5.92 Å². The lowest BCUT2D eigenvalue weighted by Gasteiger charge is -2.13. The van der Waals surface area contributed by atoms with Gasteiger partial charge in [-0.25, -0.2) is 4.79 Å². The Balaban J connectivity index is 2.39. The molecule has 0 radical (unpaired) electrons. The highest BCUT2D eigenvalue weighted by Gasteiger charge is 2.08. The van der Waals surface area contributed by atoms with Crippen LogP contribution in [0, 0.1) is 5.92 Å². The van der Waals surface area contributed by atoms with E-state index in [0.29, 0.717) is 12.5 Å². The average Bonchev–Trinajstić information content (AvgIpc) is 2.53. The first kappa shape index (κ1) is 17.3. The molecule has 0 saturated heterocycles. The second-order valence-electron chi connectivity index (χ2n) is 5.15. The zero-order valence-electron chi connectivity index (χ0n) is 13.3. The van der Waals surface area contributed by atoms with Crippen LogP contribution in [0.1, 0.15) is 45.1 Å². The van der Waals surface area contributed by atoms with Crippen LogP contribution in [-0.2, 0) is 9.53 Å². The number of carbonyl (C=O) groups is 1. The van der Waals surface area contributed by atoms with Gasteiger partial charge >= 0.3 is 5.97 Å². The van der Waals surface area contributed by atoms with E-state index in [-0.39, 0.29) is 5.97 Å². The zero-order chi connectivity index (χ0) is 15.5. The van der Waals surface area contributed by atoms with E-state index in [1.807, 2.05) is 24.3 Å². The molecule has 0 aliphatic carbocycles. The Morgan fingerprint density at radius 3 is 2.52 bits per heavy atom. The molecule has 0 aromatic heterocycles. The fourth-order valence-corrected chi connectivity index (χ4v) is 2.03. The summed E-state index contributed by atoms with van der Waals surface area (Å²) in [5, 5.41) is 0. The molecule has 116 valence electrons. The maximum Gasteiger partial charge on any atom is 0.330 e. The van der Waals surface area contributed by atoms with Crippen LogP contribution in [-0.4, -0.2) is 19.7 Å². The van der Waals surface area contributed by atoms with Crippen molar-refractivity contribution in [2.75, 3.05) is 13.7 Å². The highest BCUT2D eigenvalue weighted by Crippen LogP contribution is 2.14. The van der Waals surface area contributed by atoms with Gasteiger partial charge in [0.15, 0.2) is 0 Å². The number of hydrogen-bond acceptors (Lipinski definition) is 3. The molecule has 3 nitrogen and oxygen atoms in total. The Morgan fingerprint density at radius 1 is 1.24 bits per heavy atom. The van der Waals surface area contributed by atoms with E-state index in [2.05, 4.69) is 13.8 Å². The first-order chi connectivity index (χ1) is 10.2. The van der Waals surface area contributed by atoms with Gasteiger partial charge in [0.2, 0.25) is 0 Å².